The van der Waals surface area contributed by atoms with Crippen LogP contribution in [0.4, 0.5) is 4.39 Å². The van der Waals surface area contributed by atoms with Crippen LogP contribution in [0.1, 0.15) is 0 Å². The number of hydrogen-bond acceptors (Lipinski definition) is 6. The molecule has 1 unspecified atom stereocenters. The number of carbonyl (C=O) groups excluding carboxylic acids is 1. The minimum Gasteiger partial charge on any atom is -0.746 e. The molecule has 1 aliphatic rings. The zero-order valence-electron chi connectivity index (χ0n) is 12.8. The molecule has 0 radical (unpaired) electrons. The van der Waals surface area contributed by atoms with Gasteiger partial charge < -0.3 is 14.0 Å². The highest BCUT2D eigenvalue weighted by Gasteiger charge is 2.39. The van der Waals surface area contributed by atoms with Gasteiger partial charge in [0.15, 0.2) is 11.5 Å². The summed E-state index contributed by atoms with van der Waals surface area (Å²) in [4.78, 5) is 13.6. The minimum absolute atomic E-state index is 0.108. The van der Waals surface area contributed by atoms with Crippen molar-refractivity contribution < 1.29 is 31.6 Å². The Morgan fingerprint density at radius 1 is 1.12 bits per heavy atom. The number of hydrogen-bond donors (Lipinski definition) is 0. The lowest BCUT2D eigenvalue weighted by Gasteiger charge is -2.19. The maximum Gasteiger partial charge on any atom is 0.357 e. The first-order valence-electron chi connectivity index (χ1n) is 7.17. The van der Waals surface area contributed by atoms with Crippen LogP contribution in [-0.4, -0.2) is 36.8 Å². The van der Waals surface area contributed by atoms with E-state index in [0.717, 1.165) is 9.79 Å². The van der Waals surface area contributed by atoms with Gasteiger partial charge in [-0.15, -0.1) is 0 Å². The highest BCUT2D eigenvalue weighted by molar-refractivity contribution is 7.97. The molecule has 3 rings (SSSR count). The fraction of sp³-hybridized carbons (Fsp3) is 0.188. The first-order valence-corrected chi connectivity index (χ1v) is 10.0. The van der Waals surface area contributed by atoms with Gasteiger partial charge in [0.2, 0.25) is 21.0 Å². The van der Waals surface area contributed by atoms with Gasteiger partial charge in [-0.3, -0.25) is 0 Å². The first-order chi connectivity index (χ1) is 11.9. The van der Waals surface area contributed by atoms with Crippen molar-refractivity contribution in [1.29, 1.82) is 0 Å². The molecule has 0 spiro atoms. The van der Waals surface area contributed by atoms with Gasteiger partial charge in [-0.25, -0.2) is 17.6 Å². The van der Waals surface area contributed by atoms with E-state index in [1.54, 1.807) is 24.3 Å². The fourth-order valence-electron chi connectivity index (χ4n) is 2.27. The van der Waals surface area contributed by atoms with Crippen molar-refractivity contribution in [3.8, 4) is 11.5 Å². The highest BCUT2D eigenvalue weighted by Crippen LogP contribution is 2.43. The van der Waals surface area contributed by atoms with Gasteiger partial charge in [0.05, 0.1) is 10.9 Å². The van der Waals surface area contributed by atoms with Crippen LogP contribution in [0.3, 0.4) is 0 Å². The summed E-state index contributed by atoms with van der Waals surface area (Å²) in [5, 5.41) is 0. The summed E-state index contributed by atoms with van der Waals surface area (Å²) >= 11 is 0. The molecule has 0 saturated heterocycles. The maximum absolute atomic E-state index is 13.1. The molecule has 132 valence electrons. The summed E-state index contributed by atoms with van der Waals surface area (Å²) in [6.07, 6.45) is 0. The van der Waals surface area contributed by atoms with E-state index in [1.165, 1.54) is 0 Å². The van der Waals surface area contributed by atoms with Gasteiger partial charge >= 0.3 is 5.97 Å². The van der Waals surface area contributed by atoms with Crippen molar-refractivity contribution in [3.63, 3.8) is 0 Å². The molecule has 6 nitrogen and oxygen atoms in total. The van der Waals surface area contributed by atoms with Crippen LogP contribution in [0.2, 0.25) is 0 Å². The quantitative estimate of drug-likeness (QED) is 0.446. The van der Waals surface area contributed by atoms with E-state index in [9.17, 15) is 22.2 Å². The van der Waals surface area contributed by atoms with Gasteiger partial charge in [-0.2, -0.15) is 0 Å². The molecule has 9 heteroatoms. The summed E-state index contributed by atoms with van der Waals surface area (Å²) in [5.74, 6) is 0.329. The average molecular weight is 384 g/mol. The molecule has 2 aromatic carbocycles. The number of carbonyl (C=O) groups is 1. The molecule has 1 heterocycles. The Morgan fingerprint density at radius 3 is 2.16 bits per heavy atom. The lowest BCUT2D eigenvalue weighted by atomic mass is 10.3. The second-order valence-corrected chi connectivity index (χ2v) is 8.56. The summed E-state index contributed by atoms with van der Waals surface area (Å²) in [6, 6.07) is 14.4. The van der Waals surface area contributed by atoms with Crippen molar-refractivity contribution in [2.45, 2.75) is 15.3 Å². The van der Waals surface area contributed by atoms with Gasteiger partial charge in [0.25, 0.3) is 0 Å². The predicted octanol–water partition coefficient (Wildman–Crippen LogP) is 2.21. The van der Waals surface area contributed by atoms with E-state index in [2.05, 4.69) is 4.74 Å². The monoisotopic (exact) mass is 384 g/mol. The van der Waals surface area contributed by atoms with E-state index < -0.39 is 39.1 Å². The smallest absolute Gasteiger partial charge is 0.357 e. The van der Waals surface area contributed by atoms with Gasteiger partial charge in [-0.1, -0.05) is 24.3 Å². The molecule has 0 aliphatic carbocycles. The van der Waals surface area contributed by atoms with Crippen LogP contribution in [0.25, 0.3) is 0 Å². The van der Waals surface area contributed by atoms with Crippen LogP contribution < -0.4 is 4.74 Å². The number of fused-ring (bicyclic) bond motifs is 2. The van der Waals surface area contributed by atoms with Crippen LogP contribution in [0.15, 0.2) is 58.3 Å². The van der Waals surface area contributed by atoms with Crippen LogP contribution in [0, 0.1) is 0 Å². The van der Waals surface area contributed by atoms with Crippen LogP contribution >= 0.6 is 0 Å². The Balaban J connectivity index is 1.79. The normalized spacial score (nSPS) is 14.8. The second-order valence-electron chi connectivity index (χ2n) is 5.12. The van der Waals surface area contributed by atoms with Gasteiger partial charge in [0, 0.05) is 0 Å². The number of rotatable bonds is 5. The highest BCUT2D eigenvalue weighted by atomic mass is 32.2. The number of esters is 1. The van der Waals surface area contributed by atoms with Crippen molar-refractivity contribution in [2.75, 3.05) is 12.4 Å². The van der Waals surface area contributed by atoms with Crippen LogP contribution in [-0.2, 0) is 30.5 Å². The van der Waals surface area contributed by atoms with Crippen molar-refractivity contribution in [2.24, 2.45) is 0 Å². The lowest BCUT2D eigenvalue weighted by molar-refractivity contribution is -0.141. The molecule has 0 saturated carbocycles. The van der Waals surface area contributed by atoms with E-state index in [1.807, 2.05) is 24.3 Å². The minimum atomic E-state index is -5.14. The third-order valence-electron chi connectivity index (χ3n) is 3.40. The molecule has 25 heavy (non-hydrogen) atoms. The fourth-order valence-corrected chi connectivity index (χ4v) is 4.56. The molecule has 2 aromatic rings. The van der Waals surface area contributed by atoms with E-state index in [0.29, 0.717) is 11.5 Å². The second kappa shape index (κ2) is 7.03. The predicted molar refractivity (Wildman–Crippen MR) is 87.3 cm³/mol. The third-order valence-corrected chi connectivity index (χ3v) is 6.42. The average Bonchev–Trinajstić information content (AvgIpc) is 2.58. The summed E-state index contributed by atoms with van der Waals surface area (Å²) in [5.41, 5.74) is -2.77. The van der Waals surface area contributed by atoms with Gasteiger partial charge in [-0.05, 0) is 24.3 Å². The Kier molecular flexibility index (Phi) is 4.98. The number of para-hydroxylation sites is 2. The molecule has 0 amide bonds. The molecular weight excluding hydrogens is 371 g/mol. The summed E-state index contributed by atoms with van der Waals surface area (Å²) < 4.78 is 55.1. The molecular formula is C16H13FO6S2. The molecule has 1 aliphatic heterocycles. The van der Waals surface area contributed by atoms with Crippen molar-refractivity contribution >= 4 is 27.0 Å². The number of benzene rings is 2. The lowest BCUT2D eigenvalue weighted by Crippen LogP contribution is -2.27. The summed E-state index contributed by atoms with van der Waals surface area (Å²) in [7, 11) is -5.85. The Hall–Kier alpha value is -2.10. The number of alkyl halides is 1. The Bertz CT molecular complexity index is 854. The number of ether oxygens (including phenoxy) is 2. The van der Waals surface area contributed by atoms with Crippen LogP contribution in [0.5, 0.6) is 11.5 Å². The maximum atomic E-state index is 13.1. The largest absolute Gasteiger partial charge is 0.746 e. The molecule has 0 bridgehead atoms. The van der Waals surface area contributed by atoms with Crippen molar-refractivity contribution in [3.05, 3.63) is 48.5 Å². The first kappa shape index (κ1) is 17.7. The zero-order chi connectivity index (χ0) is 18.0. The Labute approximate surface area is 146 Å². The zero-order valence-corrected chi connectivity index (χ0v) is 14.4. The van der Waals surface area contributed by atoms with Crippen molar-refractivity contribution in [1.82, 2.24) is 0 Å². The topological polar surface area (TPSA) is 92.7 Å². The van der Waals surface area contributed by atoms with Gasteiger partial charge in [0.1, 0.15) is 16.7 Å². The third kappa shape index (κ3) is 3.94. The molecule has 0 N–H and O–H groups in total. The molecule has 0 fully saturated rings. The summed E-state index contributed by atoms with van der Waals surface area (Å²) in [6.45, 7) is -1.11. The van der Waals surface area contributed by atoms with E-state index >= 15 is 0 Å². The SMILES string of the molecule is O=C(C[S+]1c2ccccc2Oc2ccccc21)OCC(F)S(=O)(=O)[O-]. The Morgan fingerprint density at radius 2 is 1.64 bits per heavy atom. The molecule has 1 atom stereocenters. The molecule has 0 aromatic heterocycles. The van der Waals surface area contributed by atoms with E-state index in [4.69, 9.17) is 4.74 Å². The van der Waals surface area contributed by atoms with E-state index in [-0.39, 0.29) is 5.75 Å². The number of halogens is 1. The standard InChI is InChI=1S/C16H13FO6S2/c17-15(25(19,20)21)9-22-16(18)10-24-13-7-3-1-5-11(13)23-12-6-2-4-8-14(12)24/h1-8,15H,9-10H2.